The number of nitrogens with one attached hydrogen (secondary N) is 1. The molecule has 0 aliphatic rings. The van der Waals surface area contributed by atoms with Crippen LogP contribution in [0.15, 0.2) is 29.8 Å². The summed E-state index contributed by atoms with van der Waals surface area (Å²) in [5.74, 6) is -1.04. The lowest BCUT2D eigenvalue weighted by atomic mass is 10.3. The molecule has 1 amide bonds. The van der Waals surface area contributed by atoms with Gasteiger partial charge in [0.2, 0.25) is 0 Å². The Morgan fingerprint density at radius 2 is 2.18 bits per heavy atom. The number of nitrogens with zero attached hydrogens (tertiary/aromatic N) is 1. The van der Waals surface area contributed by atoms with Gasteiger partial charge in [-0.15, -0.1) is 11.3 Å². The van der Waals surface area contributed by atoms with Crippen LogP contribution in [0.25, 0.3) is 0 Å². The number of thiophene rings is 1. The van der Waals surface area contributed by atoms with E-state index < -0.39 is 5.97 Å². The molecule has 8 heteroatoms. The van der Waals surface area contributed by atoms with E-state index in [9.17, 15) is 9.59 Å². The van der Waals surface area contributed by atoms with Crippen molar-refractivity contribution in [3.63, 3.8) is 0 Å². The Hall–Kier alpha value is -1.63. The van der Waals surface area contributed by atoms with Gasteiger partial charge in [-0.3, -0.25) is 4.79 Å². The fourth-order valence-corrected chi connectivity index (χ4v) is 2.56. The van der Waals surface area contributed by atoms with Crippen LogP contribution in [0.1, 0.15) is 15.2 Å². The summed E-state index contributed by atoms with van der Waals surface area (Å²) in [6.07, 6.45) is 1.99. The van der Waals surface area contributed by atoms with Crippen LogP contribution in [0.4, 0.5) is 0 Å². The van der Waals surface area contributed by atoms with E-state index in [0.717, 1.165) is 6.42 Å². The average Bonchev–Trinajstić information content (AvgIpc) is 3.01. The van der Waals surface area contributed by atoms with Gasteiger partial charge in [0.25, 0.3) is 5.91 Å². The second kappa shape index (κ2) is 8.12. The zero-order valence-corrected chi connectivity index (χ0v) is 13.7. The summed E-state index contributed by atoms with van der Waals surface area (Å²) in [6, 6.07) is 5.29. The predicted molar refractivity (Wildman–Crippen MR) is 85.6 cm³/mol. The smallest absolute Gasteiger partial charge is 0.340 e. The third kappa shape index (κ3) is 4.98. The average molecular weight is 359 g/mol. The van der Waals surface area contributed by atoms with Crippen LogP contribution in [0.5, 0.6) is 0 Å². The zero-order valence-electron chi connectivity index (χ0n) is 11.3. The molecule has 0 saturated carbocycles. The standard InChI is InChI=1S/C14H12Cl2N2O3S/c15-11-6-9(7-18-13(11)16)14(20)21-8-12(19)17-4-3-10-2-1-5-22-10/h1-2,5-7H,3-4,8H2,(H,17,19). The van der Waals surface area contributed by atoms with Crippen LogP contribution in [-0.2, 0) is 16.0 Å². The van der Waals surface area contributed by atoms with Crippen molar-refractivity contribution in [3.05, 3.63) is 50.4 Å². The van der Waals surface area contributed by atoms with Crippen molar-refractivity contribution in [1.82, 2.24) is 10.3 Å². The SMILES string of the molecule is O=C(COC(=O)c1cnc(Cl)c(Cl)c1)NCCc1cccs1. The lowest BCUT2D eigenvalue weighted by Crippen LogP contribution is -2.30. The van der Waals surface area contributed by atoms with Crippen LogP contribution in [-0.4, -0.2) is 30.0 Å². The van der Waals surface area contributed by atoms with E-state index in [0.29, 0.717) is 6.54 Å². The van der Waals surface area contributed by atoms with Gasteiger partial charge in [0, 0.05) is 17.6 Å². The molecule has 1 N–H and O–H groups in total. The number of halogens is 2. The number of esters is 1. The minimum Gasteiger partial charge on any atom is -0.452 e. The third-order valence-electron chi connectivity index (χ3n) is 2.64. The summed E-state index contributed by atoms with van der Waals surface area (Å²) >= 11 is 13.0. The van der Waals surface area contributed by atoms with Crippen molar-refractivity contribution in [1.29, 1.82) is 0 Å². The first-order valence-corrected chi connectivity index (χ1v) is 7.97. The molecule has 2 aromatic heterocycles. The number of rotatable bonds is 6. The number of carbonyl (C=O) groups excluding carboxylic acids is 2. The molecular weight excluding hydrogens is 347 g/mol. The number of pyridine rings is 1. The molecule has 2 heterocycles. The van der Waals surface area contributed by atoms with Gasteiger partial charge in [-0.2, -0.15) is 0 Å². The summed E-state index contributed by atoms with van der Waals surface area (Å²) in [5, 5.41) is 4.90. The van der Waals surface area contributed by atoms with Gasteiger partial charge < -0.3 is 10.1 Å². The molecule has 2 rings (SSSR count). The fourth-order valence-electron chi connectivity index (χ4n) is 1.58. The zero-order chi connectivity index (χ0) is 15.9. The highest BCUT2D eigenvalue weighted by atomic mass is 35.5. The summed E-state index contributed by atoms with van der Waals surface area (Å²) < 4.78 is 4.88. The molecule has 2 aromatic rings. The van der Waals surface area contributed by atoms with Gasteiger partial charge >= 0.3 is 5.97 Å². The highest BCUT2D eigenvalue weighted by Crippen LogP contribution is 2.20. The van der Waals surface area contributed by atoms with Gasteiger partial charge in [0.1, 0.15) is 5.15 Å². The van der Waals surface area contributed by atoms with Gasteiger partial charge in [0.05, 0.1) is 10.6 Å². The van der Waals surface area contributed by atoms with Crippen LogP contribution >= 0.6 is 34.5 Å². The van der Waals surface area contributed by atoms with Crippen molar-refractivity contribution in [2.24, 2.45) is 0 Å². The van der Waals surface area contributed by atoms with Crippen LogP contribution in [0, 0.1) is 0 Å². The molecule has 0 unspecified atom stereocenters. The number of ether oxygens (including phenoxy) is 1. The Labute approximate surface area is 141 Å². The highest BCUT2D eigenvalue weighted by molar-refractivity contribution is 7.09. The number of amides is 1. The van der Waals surface area contributed by atoms with Crippen LogP contribution < -0.4 is 5.32 Å². The molecule has 0 fully saturated rings. The van der Waals surface area contributed by atoms with Crippen molar-refractivity contribution >= 4 is 46.4 Å². The van der Waals surface area contributed by atoms with E-state index in [1.165, 1.54) is 17.1 Å². The molecular formula is C14H12Cl2N2O3S. The van der Waals surface area contributed by atoms with Gasteiger partial charge in [-0.1, -0.05) is 29.3 Å². The summed E-state index contributed by atoms with van der Waals surface area (Å²) in [5.41, 5.74) is 0.140. The van der Waals surface area contributed by atoms with Gasteiger partial charge in [-0.25, -0.2) is 9.78 Å². The molecule has 0 bridgehead atoms. The predicted octanol–water partition coefficient (Wildman–Crippen LogP) is 2.97. The van der Waals surface area contributed by atoms with Crippen LogP contribution in [0.3, 0.4) is 0 Å². The molecule has 0 spiro atoms. The molecule has 0 aliphatic heterocycles. The summed E-state index contributed by atoms with van der Waals surface area (Å²) in [4.78, 5) is 28.2. The number of hydrogen-bond acceptors (Lipinski definition) is 5. The Kier molecular flexibility index (Phi) is 6.18. The van der Waals surface area contributed by atoms with Crippen molar-refractivity contribution in [3.8, 4) is 0 Å². The third-order valence-corrected chi connectivity index (χ3v) is 4.26. The maximum absolute atomic E-state index is 11.7. The molecule has 5 nitrogen and oxygen atoms in total. The largest absolute Gasteiger partial charge is 0.452 e. The quantitative estimate of drug-likeness (QED) is 0.636. The second-order valence-electron chi connectivity index (χ2n) is 4.25. The minimum atomic E-state index is -0.681. The molecule has 116 valence electrons. The molecule has 0 atom stereocenters. The lowest BCUT2D eigenvalue weighted by molar-refractivity contribution is -0.124. The first-order chi connectivity index (χ1) is 10.6. The molecule has 22 heavy (non-hydrogen) atoms. The number of carbonyl (C=O) groups is 2. The molecule has 0 saturated heterocycles. The van der Waals surface area contributed by atoms with Gasteiger partial charge in [-0.05, 0) is 23.9 Å². The van der Waals surface area contributed by atoms with E-state index >= 15 is 0 Å². The maximum Gasteiger partial charge on any atom is 0.340 e. The Morgan fingerprint density at radius 3 is 2.86 bits per heavy atom. The lowest BCUT2D eigenvalue weighted by Gasteiger charge is -2.06. The van der Waals surface area contributed by atoms with E-state index in [1.54, 1.807) is 11.3 Å². The second-order valence-corrected chi connectivity index (χ2v) is 6.05. The van der Waals surface area contributed by atoms with Crippen molar-refractivity contribution in [2.45, 2.75) is 6.42 Å². The minimum absolute atomic E-state index is 0.101. The van der Waals surface area contributed by atoms with Crippen LogP contribution in [0.2, 0.25) is 10.2 Å². The first-order valence-electron chi connectivity index (χ1n) is 6.33. The molecule has 0 aromatic carbocycles. The van der Waals surface area contributed by atoms with Crippen molar-refractivity contribution in [2.75, 3.05) is 13.2 Å². The molecule has 0 aliphatic carbocycles. The van der Waals surface area contributed by atoms with E-state index in [4.69, 9.17) is 27.9 Å². The number of aromatic nitrogens is 1. The van der Waals surface area contributed by atoms with E-state index in [1.807, 2.05) is 17.5 Å². The van der Waals surface area contributed by atoms with E-state index in [2.05, 4.69) is 10.3 Å². The van der Waals surface area contributed by atoms with E-state index in [-0.39, 0.29) is 28.3 Å². The Bertz CT molecular complexity index is 662. The highest BCUT2D eigenvalue weighted by Gasteiger charge is 2.12. The first kappa shape index (κ1) is 16.7. The number of hydrogen-bond donors (Lipinski definition) is 1. The Morgan fingerprint density at radius 1 is 1.36 bits per heavy atom. The Balaban J connectivity index is 1.73. The fraction of sp³-hybridized carbons (Fsp3) is 0.214. The summed E-state index contributed by atoms with van der Waals surface area (Å²) in [7, 11) is 0. The summed E-state index contributed by atoms with van der Waals surface area (Å²) in [6.45, 7) is 0.134. The normalized spacial score (nSPS) is 10.3. The molecule has 0 radical (unpaired) electrons. The van der Waals surface area contributed by atoms with Crippen molar-refractivity contribution < 1.29 is 14.3 Å². The maximum atomic E-state index is 11.7. The monoisotopic (exact) mass is 358 g/mol. The topological polar surface area (TPSA) is 68.3 Å². The van der Waals surface area contributed by atoms with Gasteiger partial charge in [0.15, 0.2) is 6.61 Å².